The zero-order valence-electron chi connectivity index (χ0n) is 11.9. The van der Waals surface area contributed by atoms with Crippen molar-refractivity contribution in [1.29, 1.82) is 0 Å². The standard InChI is InChI=1S/C12H26O4SSi/c1-5-14-18(15-6-2,16-7-3)10-8-9-11(4)12(13)17/h11H,5-10H2,1-4H3,(H,13,17). The normalized spacial score (nSPS) is 13.6. The maximum Gasteiger partial charge on any atom is 0.500 e. The quantitative estimate of drug-likeness (QED) is 0.470. The Bertz CT molecular complexity index is 221. The second-order valence-corrected chi connectivity index (χ2v) is 7.29. The first-order valence-corrected chi connectivity index (χ1v) is 9.03. The minimum absolute atomic E-state index is 0.0232. The molecule has 0 heterocycles. The maximum absolute atomic E-state index is 11.1. The molecule has 18 heavy (non-hydrogen) atoms. The Hall–Kier alpha value is 0.117. The van der Waals surface area contributed by atoms with E-state index in [1.54, 1.807) is 0 Å². The highest BCUT2D eigenvalue weighted by molar-refractivity contribution is 7.96. The Morgan fingerprint density at radius 1 is 1.11 bits per heavy atom. The summed E-state index contributed by atoms with van der Waals surface area (Å²) in [6.45, 7) is 9.49. The van der Waals surface area contributed by atoms with Crippen molar-refractivity contribution in [3.8, 4) is 0 Å². The third kappa shape index (κ3) is 6.89. The minimum Gasteiger partial charge on any atom is -0.374 e. The monoisotopic (exact) mass is 294 g/mol. The Morgan fingerprint density at radius 2 is 1.56 bits per heavy atom. The van der Waals surface area contributed by atoms with Gasteiger partial charge in [-0.3, -0.25) is 4.79 Å². The number of thiol groups is 1. The maximum atomic E-state index is 11.1. The van der Waals surface area contributed by atoms with Crippen LogP contribution in [0.4, 0.5) is 0 Å². The van der Waals surface area contributed by atoms with Gasteiger partial charge in [0.1, 0.15) is 0 Å². The zero-order chi connectivity index (χ0) is 14.0. The van der Waals surface area contributed by atoms with Crippen molar-refractivity contribution >= 4 is 26.5 Å². The topological polar surface area (TPSA) is 44.8 Å². The van der Waals surface area contributed by atoms with Crippen LogP contribution in [0.3, 0.4) is 0 Å². The van der Waals surface area contributed by atoms with Crippen LogP contribution < -0.4 is 0 Å². The van der Waals surface area contributed by atoms with E-state index in [0.717, 1.165) is 18.9 Å². The van der Waals surface area contributed by atoms with Crippen molar-refractivity contribution in [2.75, 3.05) is 19.8 Å². The number of rotatable bonds is 11. The van der Waals surface area contributed by atoms with E-state index in [1.165, 1.54) is 0 Å². The molecule has 0 aromatic rings. The van der Waals surface area contributed by atoms with Gasteiger partial charge >= 0.3 is 8.80 Å². The Kier molecular flexibility index (Phi) is 10.0. The molecule has 108 valence electrons. The SMILES string of the molecule is CCO[Si](CCCC(C)C(=O)S)(OCC)OCC. The Balaban J connectivity index is 4.33. The summed E-state index contributed by atoms with van der Waals surface area (Å²) < 4.78 is 17.2. The van der Waals surface area contributed by atoms with Crippen LogP contribution in [-0.2, 0) is 18.1 Å². The predicted octanol–water partition coefficient (Wildman–Crippen LogP) is 2.91. The molecule has 0 radical (unpaired) electrons. The second kappa shape index (κ2) is 9.97. The van der Waals surface area contributed by atoms with Gasteiger partial charge in [-0.1, -0.05) is 6.92 Å². The Morgan fingerprint density at radius 3 is 1.89 bits per heavy atom. The van der Waals surface area contributed by atoms with Crippen molar-refractivity contribution < 1.29 is 18.1 Å². The summed E-state index contributed by atoms with van der Waals surface area (Å²) in [5, 5.41) is -0.0634. The number of carbonyl (C=O) groups is 1. The lowest BCUT2D eigenvalue weighted by Crippen LogP contribution is -2.46. The van der Waals surface area contributed by atoms with Crippen LogP contribution in [-0.4, -0.2) is 33.7 Å². The molecular weight excluding hydrogens is 268 g/mol. The van der Waals surface area contributed by atoms with E-state index in [4.69, 9.17) is 13.3 Å². The fourth-order valence-electron chi connectivity index (χ4n) is 1.75. The average molecular weight is 294 g/mol. The average Bonchev–Trinajstić information content (AvgIpc) is 2.29. The molecule has 0 spiro atoms. The molecule has 0 aliphatic carbocycles. The molecule has 0 fully saturated rings. The molecule has 0 amide bonds. The largest absolute Gasteiger partial charge is 0.500 e. The molecular formula is C12H26O4SSi. The van der Waals surface area contributed by atoms with Gasteiger partial charge in [-0.25, -0.2) is 0 Å². The third-order valence-electron chi connectivity index (χ3n) is 2.63. The van der Waals surface area contributed by atoms with Crippen LogP contribution in [0, 0.1) is 5.92 Å². The van der Waals surface area contributed by atoms with E-state index in [-0.39, 0.29) is 11.0 Å². The predicted molar refractivity (Wildman–Crippen MR) is 77.8 cm³/mol. The minimum atomic E-state index is -2.53. The van der Waals surface area contributed by atoms with Gasteiger partial charge in [0.05, 0.1) is 0 Å². The molecule has 0 aromatic carbocycles. The number of hydrogen-bond acceptors (Lipinski definition) is 4. The van der Waals surface area contributed by atoms with Gasteiger partial charge < -0.3 is 13.3 Å². The van der Waals surface area contributed by atoms with Crippen LogP contribution in [0.5, 0.6) is 0 Å². The van der Waals surface area contributed by atoms with Crippen molar-refractivity contribution in [3.05, 3.63) is 0 Å². The van der Waals surface area contributed by atoms with Gasteiger partial charge in [-0.2, -0.15) is 0 Å². The highest BCUT2D eigenvalue weighted by Gasteiger charge is 2.39. The highest BCUT2D eigenvalue weighted by Crippen LogP contribution is 2.21. The van der Waals surface area contributed by atoms with E-state index in [0.29, 0.717) is 19.8 Å². The Labute approximate surface area is 117 Å². The van der Waals surface area contributed by atoms with Crippen molar-refractivity contribution in [3.63, 3.8) is 0 Å². The molecule has 4 nitrogen and oxygen atoms in total. The lowest BCUT2D eigenvalue weighted by molar-refractivity contribution is -0.113. The molecule has 0 saturated carbocycles. The van der Waals surface area contributed by atoms with Gasteiger partial charge in [0.15, 0.2) is 5.12 Å². The van der Waals surface area contributed by atoms with Gasteiger partial charge in [-0.05, 0) is 33.6 Å². The summed E-state index contributed by atoms with van der Waals surface area (Å²) in [7, 11) is -2.53. The lowest BCUT2D eigenvalue weighted by Gasteiger charge is -2.28. The fourth-order valence-corrected chi connectivity index (χ4v) is 4.52. The van der Waals surface area contributed by atoms with Crippen molar-refractivity contribution in [2.45, 2.75) is 46.6 Å². The first-order chi connectivity index (χ1) is 8.51. The van der Waals surface area contributed by atoms with E-state index in [1.807, 2.05) is 27.7 Å². The highest BCUT2D eigenvalue weighted by atomic mass is 32.1. The first-order valence-electron chi connectivity index (χ1n) is 6.66. The van der Waals surface area contributed by atoms with E-state index in [9.17, 15) is 4.79 Å². The van der Waals surface area contributed by atoms with E-state index in [2.05, 4.69) is 12.6 Å². The molecule has 1 unspecified atom stereocenters. The van der Waals surface area contributed by atoms with Crippen LogP contribution in [0.2, 0.25) is 6.04 Å². The van der Waals surface area contributed by atoms with Crippen molar-refractivity contribution in [1.82, 2.24) is 0 Å². The molecule has 0 aliphatic rings. The molecule has 0 rings (SSSR count). The summed E-state index contributed by atoms with van der Waals surface area (Å²) in [6, 6.07) is 0.758. The second-order valence-electron chi connectivity index (χ2n) is 4.11. The zero-order valence-corrected chi connectivity index (χ0v) is 13.8. The van der Waals surface area contributed by atoms with E-state index >= 15 is 0 Å². The smallest absolute Gasteiger partial charge is 0.374 e. The summed E-state index contributed by atoms with van der Waals surface area (Å²) in [4.78, 5) is 11.1. The van der Waals surface area contributed by atoms with Crippen LogP contribution >= 0.6 is 12.6 Å². The molecule has 0 aliphatic heterocycles. The summed E-state index contributed by atoms with van der Waals surface area (Å²) in [6.07, 6.45) is 1.66. The molecule has 0 bridgehead atoms. The lowest BCUT2D eigenvalue weighted by atomic mass is 10.1. The van der Waals surface area contributed by atoms with Crippen LogP contribution in [0.1, 0.15) is 40.5 Å². The van der Waals surface area contributed by atoms with Crippen LogP contribution in [0.15, 0.2) is 0 Å². The van der Waals surface area contributed by atoms with Gasteiger partial charge in [0.25, 0.3) is 0 Å². The van der Waals surface area contributed by atoms with Gasteiger partial charge in [-0.15, -0.1) is 12.6 Å². The van der Waals surface area contributed by atoms with Crippen molar-refractivity contribution in [2.24, 2.45) is 5.92 Å². The number of hydrogen-bond donors (Lipinski definition) is 1. The van der Waals surface area contributed by atoms with Gasteiger partial charge in [0, 0.05) is 31.8 Å². The summed E-state index contributed by atoms with van der Waals surface area (Å²) in [5.74, 6) is -0.0232. The summed E-state index contributed by atoms with van der Waals surface area (Å²) >= 11 is 3.84. The fraction of sp³-hybridized carbons (Fsp3) is 0.917. The number of carbonyl (C=O) groups excluding carboxylic acids is 1. The van der Waals surface area contributed by atoms with Gasteiger partial charge in [0.2, 0.25) is 0 Å². The molecule has 6 heteroatoms. The first kappa shape index (κ1) is 18.1. The molecule has 1 atom stereocenters. The summed E-state index contributed by atoms with van der Waals surface area (Å²) in [5.41, 5.74) is 0. The molecule has 0 aromatic heterocycles. The molecule has 0 saturated heterocycles. The van der Waals surface area contributed by atoms with E-state index < -0.39 is 8.80 Å². The molecule has 0 N–H and O–H groups in total. The third-order valence-corrected chi connectivity index (χ3v) is 6.23. The van der Waals surface area contributed by atoms with Crippen LogP contribution in [0.25, 0.3) is 0 Å².